The van der Waals surface area contributed by atoms with E-state index in [0.717, 1.165) is 29.7 Å². The van der Waals surface area contributed by atoms with Gasteiger partial charge < -0.3 is 0 Å². The second kappa shape index (κ2) is 4.44. The van der Waals surface area contributed by atoms with Gasteiger partial charge in [-0.25, -0.2) is 0 Å². The molecule has 4 fully saturated rings. The predicted octanol–water partition coefficient (Wildman–Crippen LogP) is 4.78. The Morgan fingerprint density at radius 1 is 1.10 bits per heavy atom. The molecule has 0 N–H and O–H groups in total. The first-order chi connectivity index (χ1) is 9.62. The van der Waals surface area contributed by atoms with Crippen LogP contribution in [0.2, 0.25) is 0 Å². The Kier molecular flexibility index (Phi) is 2.80. The van der Waals surface area contributed by atoms with Gasteiger partial charge in [0.1, 0.15) is 0 Å². The molecule has 0 atom stereocenters. The zero-order valence-electron chi connectivity index (χ0n) is 12.4. The van der Waals surface area contributed by atoms with E-state index in [9.17, 15) is 4.79 Å². The van der Waals surface area contributed by atoms with Crippen molar-refractivity contribution in [3.8, 4) is 0 Å². The van der Waals surface area contributed by atoms with Crippen LogP contribution in [0.5, 0.6) is 0 Å². The molecule has 106 valence electrons. The van der Waals surface area contributed by atoms with E-state index in [1.54, 1.807) is 0 Å². The summed E-state index contributed by atoms with van der Waals surface area (Å²) >= 11 is 0. The fourth-order valence-electron chi connectivity index (χ4n) is 5.77. The Balaban J connectivity index is 1.55. The monoisotopic (exact) mass is 268 g/mol. The van der Waals surface area contributed by atoms with E-state index in [2.05, 4.69) is 19.1 Å². The molecule has 4 saturated carbocycles. The molecule has 1 nitrogen and oxygen atoms in total. The van der Waals surface area contributed by atoms with Crippen LogP contribution in [0.15, 0.2) is 24.3 Å². The molecule has 4 aliphatic rings. The molecule has 0 spiro atoms. The van der Waals surface area contributed by atoms with E-state index in [1.807, 2.05) is 12.1 Å². The molecule has 0 aliphatic heterocycles. The predicted molar refractivity (Wildman–Crippen MR) is 80.7 cm³/mol. The Hall–Kier alpha value is -1.11. The van der Waals surface area contributed by atoms with Crippen molar-refractivity contribution in [2.45, 2.75) is 51.9 Å². The van der Waals surface area contributed by atoms with Crippen LogP contribution in [-0.2, 0) is 0 Å². The highest BCUT2D eigenvalue weighted by Gasteiger charge is 2.51. The smallest absolute Gasteiger partial charge is 0.163 e. The van der Waals surface area contributed by atoms with Gasteiger partial charge >= 0.3 is 0 Å². The molecule has 0 aromatic heterocycles. The molecule has 1 heteroatoms. The van der Waals surface area contributed by atoms with Crippen LogP contribution in [0.4, 0.5) is 0 Å². The maximum Gasteiger partial charge on any atom is 0.163 e. The Morgan fingerprint density at radius 2 is 1.70 bits per heavy atom. The summed E-state index contributed by atoms with van der Waals surface area (Å²) in [5.41, 5.74) is 2.50. The van der Waals surface area contributed by atoms with Gasteiger partial charge in [0.05, 0.1) is 0 Å². The molecule has 0 radical (unpaired) electrons. The number of rotatable bonds is 3. The minimum absolute atomic E-state index is 0.371. The fraction of sp³-hybridized carbons (Fsp3) is 0.632. The molecule has 1 aromatic rings. The number of Topliss-reactive ketones (excluding diaryl/α,β-unsaturated/α-hetero) is 1. The lowest BCUT2D eigenvalue weighted by molar-refractivity contribution is -0.0524. The summed E-state index contributed by atoms with van der Waals surface area (Å²) in [6.07, 6.45) is 9.16. The maximum atomic E-state index is 12.7. The summed E-state index contributed by atoms with van der Waals surface area (Å²) in [5.74, 6) is 3.19. The first-order valence-corrected chi connectivity index (χ1v) is 8.22. The summed E-state index contributed by atoms with van der Waals surface area (Å²) in [6, 6.07) is 8.14. The summed E-state index contributed by atoms with van der Waals surface area (Å²) in [5, 5.41) is 0. The Bertz CT molecular complexity index is 507. The van der Waals surface area contributed by atoms with Crippen LogP contribution in [0.3, 0.4) is 0 Å². The van der Waals surface area contributed by atoms with Gasteiger partial charge in [-0.05, 0) is 74.7 Å². The van der Waals surface area contributed by atoms with Gasteiger partial charge in [-0.3, -0.25) is 4.79 Å². The molecule has 4 aliphatic carbocycles. The normalized spacial score (nSPS) is 38.1. The zero-order chi connectivity index (χ0) is 13.7. The van der Waals surface area contributed by atoms with E-state index in [1.165, 1.54) is 44.1 Å². The van der Waals surface area contributed by atoms with E-state index < -0.39 is 0 Å². The van der Waals surface area contributed by atoms with Gasteiger partial charge in [-0.15, -0.1) is 0 Å². The average molecular weight is 268 g/mol. The molecule has 0 amide bonds. The van der Waals surface area contributed by atoms with Crippen molar-refractivity contribution < 1.29 is 4.79 Å². The second-order valence-corrected chi connectivity index (χ2v) is 7.89. The van der Waals surface area contributed by atoms with Gasteiger partial charge in [-0.2, -0.15) is 0 Å². The fourth-order valence-corrected chi connectivity index (χ4v) is 5.77. The highest BCUT2D eigenvalue weighted by molar-refractivity contribution is 5.96. The van der Waals surface area contributed by atoms with Crippen LogP contribution in [0.25, 0.3) is 0 Å². The summed E-state index contributed by atoms with van der Waals surface area (Å²) in [6.45, 7) is 2.07. The summed E-state index contributed by atoms with van der Waals surface area (Å²) in [4.78, 5) is 12.7. The maximum absolute atomic E-state index is 12.7. The van der Waals surface area contributed by atoms with Crippen LogP contribution in [0.1, 0.15) is 60.9 Å². The van der Waals surface area contributed by atoms with E-state index in [4.69, 9.17) is 0 Å². The molecular formula is C19H24O. The largest absolute Gasteiger partial charge is 0.294 e. The van der Waals surface area contributed by atoms with Crippen LogP contribution >= 0.6 is 0 Å². The third-order valence-corrected chi connectivity index (χ3v) is 6.04. The van der Waals surface area contributed by atoms with E-state index in [0.29, 0.717) is 11.2 Å². The minimum Gasteiger partial charge on any atom is -0.294 e. The third-order valence-electron chi connectivity index (χ3n) is 6.04. The molecule has 0 unspecified atom stereocenters. The number of carbonyl (C=O) groups excluding carboxylic acids is 1. The highest BCUT2D eigenvalue weighted by atomic mass is 16.1. The second-order valence-electron chi connectivity index (χ2n) is 7.89. The molecule has 0 heterocycles. The first-order valence-electron chi connectivity index (χ1n) is 8.22. The van der Waals surface area contributed by atoms with Crippen molar-refractivity contribution >= 4 is 5.78 Å². The van der Waals surface area contributed by atoms with E-state index >= 15 is 0 Å². The van der Waals surface area contributed by atoms with Crippen molar-refractivity contribution in [1.29, 1.82) is 0 Å². The number of aryl methyl sites for hydroxylation is 1. The van der Waals surface area contributed by atoms with Gasteiger partial charge in [-0.1, -0.05) is 23.8 Å². The molecular weight excluding hydrogens is 244 g/mol. The lowest BCUT2D eigenvalue weighted by Gasteiger charge is -2.56. The lowest BCUT2D eigenvalue weighted by Crippen LogP contribution is -2.46. The topological polar surface area (TPSA) is 17.1 Å². The average Bonchev–Trinajstić information content (AvgIpc) is 2.36. The van der Waals surface area contributed by atoms with Crippen LogP contribution in [-0.4, -0.2) is 5.78 Å². The third kappa shape index (κ3) is 2.12. The van der Waals surface area contributed by atoms with Crippen molar-refractivity contribution in [2.24, 2.45) is 23.2 Å². The first kappa shape index (κ1) is 12.6. The van der Waals surface area contributed by atoms with Crippen molar-refractivity contribution in [3.05, 3.63) is 35.4 Å². The SMILES string of the molecule is Cc1cccc(C(=O)CC23CC4CC(CC(C4)C2)C3)c1. The summed E-state index contributed by atoms with van der Waals surface area (Å²) < 4.78 is 0. The summed E-state index contributed by atoms with van der Waals surface area (Å²) in [7, 11) is 0. The van der Waals surface area contributed by atoms with Gasteiger partial charge in [0.15, 0.2) is 5.78 Å². The lowest BCUT2D eigenvalue weighted by atomic mass is 9.48. The quantitative estimate of drug-likeness (QED) is 0.721. The van der Waals surface area contributed by atoms with E-state index in [-0.39, 0.29) is 0 Å². The number of hydrogen-bond donors (Lipinski definition) is 0. The minimum atomic E-state index is 0.371. The molecule has 1 aromatic carbocycles. The van der Waals surface area contributed by atoms with Gasteiger partial charge in [0.25, 0.3) is 0 Å². The number of ketones is 1. The molecule has 4 bridgehead atoms. The number of hydrogen-bond acceptors (Lipinski definition) is 1. The molecule has 5 rings (SSSR count). The molecule has 0 saturated heterocycles. The van der Waals surface area contributed by atoms with Gasteiger partial charge in [0, 0.05) is 12.0 Å². The van der Waals surface area contributed by atoms with Crippen molar-refractivity contribution in [2.75, 3.05) is 0 Å². The number of carbonyl (C=O) groups is 1. The van der Waals surface area contributed by atoms with Crippen molar-refractivity contribution in [3.63, 3.8) is 0 Å². The number of benzene rings is 1. The Labute approximate surface area is 121 Å². The van der Waals surface area contributed by atoms with Crippen molar-refractivity contribution in [1.82, 2.24) is 0 Å². The zero-order valence-corrected chi connectivity index (χ0v) is 12.4. The van der Waals surface area contributed by atoms with Crippen LogP contribution in [0, 0.1) is 30.1 Å². The van der Waals surface area contributed by atoms with Crippen LogP contribution < -0.4 is 0 Å². The Morgan fingerprint density at radius 3 is 2.25 bits per heavy atom. The highest BCUT2D eigenvalue weighted by Crippen LogP contribution is 2.61. The molecule has 20 heavy (non-hydrogen) atoms. The van der Waals surface area contributed by atoms with Gasteiger partial charge in [0.2, 0.25) is 0 Å². The standard InChI is InChI=1S/C19H24O/c1-13-3-2-4-17(5-13)18(20)12-19-9-14-6-15(10-19)8-16(7-14)11-19/h2-5,14-16H,6-12H2,1H3.